The Hall–Kier alpha value is 0.320. The second kappa shape index (κ2) is 7.32. The molecule has 0 heterocycles. The molecular formula is C4H2ClNaO2. The molecule has 0 radical (unpaired) electrons. The van der Waals surface area contributed by atoms with Crippen LogP contribution in [0.5, 0.6) is 0 Å². The number of carboxylic acids is 1. The summed E-state index contributed by atoms with van der Waals surface area (Å²) in [6.07, 6.45) is 0. The summed E-state index contributed by atoms with van der Waals surface area (Å²) in [5, 5.41) is 9.41. The molecular weight excluding hydrogens is 138 g/mol. The summed E-state index contributed by atoms with van der Waals surface area (Å²) in [4.78, 5) is 9.41. The molecule has 0 rings (SSSR count). The van der Waals surface area contributed by atoms with E-state index in [0.717, 1.165) is 0 Å². The minimum atomic E-state index is -1.39. The molecule has 4 heteroatoms. The molecule has 0 aliphatic rings. The zero-order valence-corrected chi connectivity index (χ0v) is 7.16. The first kappa shape index (κ1) is 11.2. The van der Waals surface area contributed by atoms with E-state index in [4.69, 9.17) is 11.6 Å². The number of hydrogen-bond donors (Lipinski definition) is 0. The molecule has 0 N–H and O–H groups in total. The Bertz CT molecular complexity index is 124. The summed E-state index contributed by atoms with van der Waals surface area (Å²) in [6.45, 7) is 0. The third kappa shape index (κ3) is 9.58. The Morgan fingerprint density at radius 3 is 2.38 bits per heavy atom. The molecule has 0 amide bonds. The summed E-state index contributed by atoms with van der Waals surface area (Å²) in [6, 6.07) is 0. The first-order valence-corrected chi connectivity index (χ1v) is 2.06. The zero-order valence-electron chi connectivity index (χ0n) is 4.40. The summed E-state index contributed by atoms with van der Waals surface area (Å²) >= 11 is 4.98. The van der Waals surface area contributed by atoms with Crippen molar-refractivity contribution in [3.63, 3.8) is 0 Å². The Morgan fingerprint density at radius 2 is 2.25 bits per heavy atom. The van der Waals surface area contributed by atoms with Gasteiger partial charge in [0, 0.05) is 0 Å². The molecule has 0 aliphatic heterocycles. The average Bonchev–Trinajstić information content (AvgIpc) is 1.61. The Morgan fingerprint density at radius 1 is 1.75 bits per heavy atom. The van der Waals surface area contributed by atoms with Crippen LogP contribution in [0.3, 0.4) is 0 Å². The van der Waals surface area contributed by atoms with Crippen molar-refractivity contribution in [2.24, 2.45) is 0 Å². The van der Waals surface area contributed by atoms with E-state index in [9.17, 15) is 9.90 Å². The summed E-state index contributed by atoms with van der Waals surface area (Å²) in [7, 11) is 0. The molecule has 0 saturated heterocycles. The first-order valence-electron chi connectivity index (χ1n) is 1.53. The van der Waals surface area contributed by atoms with Gasteiger partial charge in [-0.1, -0.05) is 5.92 Å². The van der Waals surface area contributed by atoms with Crippen molar-refractivity contribution < 1.29 is 39.5 Å². The fourth-order valence-electron chi connectivity index (χ4n) is 0.106. The number of aliphatic carboxylic acids is 1. The predicted octanol–water partition coefficient (Wildman–Crippen LogP) is -4.02. The van der Waals surface area contributed by atoms with Gasteiger partial charge in [-0.3, -0.25) is 0 Å². The summed E-state index contributed by atoms with van der Waals surface area (Å²) in [5.74, 6) is 2.47. The molecule has 0 unspecified atom stereocenters. The molecule has 0 saturated carbocycles. The second-order valence-corrected chi connectivity index (χ2v) is 0.990. The average molecular weight is 141 g/mol. The van der Waals surface area contributed by atoms with E-state index in [-0.39, 0.29) is 35.4 Å². The number of alkyl halides is 1. The van der Waals surface area contributed by atoms with Crippen LogP contribution in [0.25, 0.3) is 0 Å². The van der Waals surface area contributed by atoms with Crippen LogP contribution in [0.15, 0.2) is 0 Å². The number of rotatable bonds is 0. The molecule has 0 aromatic heterocycles. The van der Waals surface area contributed by atoms with Crippen molar-refractivity contribution in [3.8, 4) is 11.8 Å². The molecule has 2 nitrogen and oxygen atoms in total. The van der Waals surface area contributed by atoms with E-state index in [1.807, 2.05) is 0 Å². The number of carbonyl (C=O) groups excluding carboxylic acids is 1. The number of halogens is 1. The van der Waals surface area contributed by atoms with Crippen LogP contribution < -0.4 is 34.7 Å². The maximum Gasteiger partial charge on any atom is 1.00 e. The van der Waals surface area contributed by atoms with Crippen LogP contribution in [-0.4, -0.2) is 11.8 Å². The van der Waals surface area contributed by atoms with Gasteiger partial charge in [-0.05, 0) is 5.92 Å². The van der Waals surface area contributed by atoms with Crippen molar-refractivity contribution in [1.29, 1.82) is 0 Å². The van der Waals surface area contributed by atoms with E-state index < -0.39 is 5.97 Å². The van der Waals surface area contributed by atoms with Crippen LogP contribution in [0.4, 0.5) is 0 Å². The summed E-state index contributed by atoms with van der Waals surface area (Å²) in [5.41, 5.74) is 0. The fourth-order valence-corrected chi connectivity index (χ4v) is 0.172. The van der Waals surface area contributed by atoms with Gasteiger partial charge >= 0.3 is 29.6 Å². The van der Waals surface area contributed by atoms with Crippen LogP contribution in [0.2, 0.25) is 0 Å². The molecule has 8 heavy (non-hydrogen) atoms. The van der Waals surface area contributed by atoms with Crippen LogP contribution in [0, 0.1) is 11.8 Å². The minimum absolute atomic E-state index is 0. The molecule has 0 fully saturated rings. The topological polar surface area (TPSA) is 40.1 Å². The largest absolute Gasteiger partial charge is 1.00 e. The van der Waals surface area contributed by atoms with Crippen molar-refractivity contribution in [2.45, 2.75) is 0 Å². The number of carbonyl (C=O) groups is 1. The maximum absolute atomic E-state index is 9.41. The minimum Gasteiger partial charge on any atom is -0.537 e. The first-order chi connectivity index (χ1) is 3.27. The van der Waals surface area contributed by atoms with Gasteiger partial charge in [0.2, 0.25) is 0 Å². The third-order valence-corrected chi connectivity index (χ3v) is 0.391. The Kier molecular flexibility index (Phi) is 10.2. The SMILES string of the molecule is O=C([O-])C#CCCl.[Na+]. The van der Waals surface area contributed by atoms with E-state index in [2.05, 4.69) is 5.92 Å². The molecule has 0 aromatic carbocycles. The Balaban J connectivity index is 0. The molecule has 0 aliphatic carbocycles. The maximum atomic E-state index is 9.41. The van der Waals surface area contributed by atoms with Crippen LogP contribution in [0.1, 0.15) is 0 Å². The standard InChI is InChI=1S/C4H3ClO2.Na/c5-3-1-2-4(6)7;/h3H2,(H,6,7);/q;+1/p-1. The van der Waals surface area contributed by atoms with Gasteiger partial charge in [-0.2, -0.15) is 0 Å². The van der Waals surface area contributed by atoms with Crippen molar-refractivity contribution in [1.82, 2.24) is 0 Å². The zero-order chi connectivity index (χ0) is 5.70. The van der Waals surface area contributed by atoms with Crippen molar-refractivity contribution in [2.75, 3.05) is 5.88 Å². The monoisotopic (exact) mass is 140 g/mol. The van der Waals surface area contributed by atoms with E-state index in [1.165, 1.54) is 0 Å². The molecule has 0 spiro atoms. The normalized spacial score (nSPS) is 5.62. The van der Waals surface area contributed by atoms with Crippen molar-refractivity contribution in [3.05, 3.63) is 0 Å². The van der Waals surface area contributed by atoms with E-state index in [1.54, 1.807) is 5.92 Å². The van der Waals surface area contributed by atoms with Gasteiger partial charge in [0.1, 0.15) is 5.97 Å². The third-order valence-electron chi connectivity index (χ3n) is 0.257. The molecule has 0 atom stereocenters. The van der Waals surface area contributed by atoms with Crippen molar-refractivity contribution >= 4 is 17.6 Å². The van der Waals surface area contributed by atoms with Gasteiger partial charge in [0.25, 0.3) is 0 Å². The van der Waals surface area contributed by atoms with E-state index >= 15 is 0 Å². The second-order valence-electron chi connectivity index (χ2n) is 0.723. The van der Waals surface area contributed by atoms with Gasteiger partial charge in [-0.15, -0.1) is 11.6 Å². The smallest absolute Gasteiger partial charge is 0.537 e. The quantitative estimate of drug-likeness (QED) is 0.195. The molecule has 38 valence electrons. The summed E-state index contributed by atoms with van der Waals surface area (Å²) < 4.78 is 0. The number of carboxylic acid groups (broad SMARTS) is 1. The molecule has 0 bridgehead atoms. The van der Waals surface area contributed by atoms with E-state index in [0.29, 0.717) is 0 Å². The number of hydrogen-bond acceptors (Lipinski definition) is 2. The van der Waals surface area contributed by atoms with Gasteiger partial charge in [0.05, 0.1) is 5.88 Å². The fraction of sp³-hybridized carbons (Fsp3) is 0.250. The predicted molar refractivity (Wildman–Crippen MR) is 23.5 cm³/mol. The van der Waals surface area contributed by atoms with Gasteiger partial charge < -0.3 is 9.90 Å². The Labute approximate surface area is 74.5 Å². The molecule has 0 aromatic rings. The van der Waals surface area contributed by atoms with Crippen LogP contribution in [-0.2, 0) is 4.79 Å². The van der Waals surface area contributed by atoms with Gasteiger partial charge in [0.15, 0.2) is 0 Å². The van der Waals surface area contributed by atoms with Gasteiger partial charge in [-0.25, -0.2) is 0 Å². The van der Waals surface area contributed by atoms with Crippen LogP contribution >= 0.6 is 11.6 Å².